The average molecular weight is 283 g/mol. The van der Waals surface area contributed by atoms with Crippen molar-refractivity contribution < 1.29 is 9.13 Å². The lowest BCUT2D eigenvalue weighted by Crippen LogP contribution is -2.30. The van der Waals surface area contributed by atoms with E-state index in [1.54, 1.807) is 6.07 Å². The molecule has 1 fully saturated rings. The number of nitrogens with zero attached hydrogens (tertiary/aromatic N) is 2. The molecule has 1 atom stereocenters. The van der Waals surface area contributed by atoms with Gasteiger partial charge in [0.05, 0.1) is 23.5 Å². The van der Waals surface area contributed by atoms with Crippen LogP contribution in [0.1, 0.15) is 25.6 Å². The first-order chi connectivity index (χ1) is 9.13. The summed E-state index contributed by atoms with van der Waals surface area (Å²) in [6, 6.07) is 5.00. The number of ether oxygens (including phenoxy) is 1. The number of rotatable bonds is 3. The van der Waals surface area contributed by atoms with Gasteiger partial charge in [-0.3, -0.25) is 0 Å². The number of benzene rings is 1. The maximum absolute atomic E-state index is 13.8. The SMILES string of the molecule is CC1(Cn2c(CCl)nc3c(F)cccc32)CCCO1. The highest BCUT2D eigenvalue weighted by Crippen LogP contribution is 2.30. The van der Waals surface area contributed by atoms with Gasteiger partial charge < -0.3 is 9.30 Å². The minimum absolute atomic E-state index is 0.208. The maximum atomic E-state index is 13.8. The molecule has 1 unspecified atom stereocenters. The quantitative estimate of drug-likeness (QED) is 0.806. The number of halogens is 2. The molecule has 0 radical (unpaired) electrons. The Bertz CT molecular complexity index is 605. The second-order valence-electron chi connectivity index (χ2n) is 5.26. The fourth-order valence-electron chi connectivity index (χ4n) is 2.74. The van der Waals surface area contributed by atoms with Crippen LogP contribution in [0.4, 0.5) is 4.39 Å². The van der Waals surface area contributed by atoms with Crippen LogP contribution in [0.2, 0.25) is 0 Å². The molecule has 102 valence electrons. The van der Waals surface area contributed by atoms with Crippen molar-refractivity contribution in [3.8, 4) is 0 Å². The van der Waals surface area contributed by atoms with Gasteiger partial charge in [-0.05, 0) is 31.9 Å². The molecule has 0 spiro atoms. The van der Waals surface area contributed by atoms with Crippen LogP contribution in [0, 0.1) is 5.82 Å². The zero-order chi connectivity index (χ0) is 13.5. The van der Waals surface area contributed by atoms with Gasteiger partial charge in [-0.25, -0.2) is 9.37 Å². The number of fused-ring (bicyclic) bond motifs is 1. The van der Waals surface area contributed by atoms with Crippen molar-refractivity contribution in [1.29, 1.82) is 0 Å². The zero-order valence-electron chi connectivity index (χ0n) is 10.8. The lowest BCUT2D eigenvalue weighted by atomic mass is 10.0. The molecule has 0 N–H and O–H groups in total. The van der Waals surface area contributed by atoms with Crippen LogP contribution in [0.5, 0.6) is 0 Å². The minimum atomic E-state index is -0.305. The fourth-order valence-corrected chi connectivity index (χ4v) is 2.94. The summed E-state index contributed by atoms with van der Waals surface area (Å²) in [5, 5.41) is 0. The largest absolute Gasteiger partial charge is 0.373 e. The second kappa shape index (κ2) is 4.76. The van der Waals surface area contributed by atoms with Crippen LogP contribution >= 0.6 is 11.6 Å². The van der Waals surface area contributed by atoms with E-state index in [0.29, 0.717) is 17.9 Å². The smallest absolute Gasteiger partial charge is 0.151 e. The van der Waals surface area contributed by atoms with Gasteiger partial charge in [0.2, 0.25) is 0 Å². The summed E-state index contributed by atoms with van der Waals surface area (Å²) >= 11 is 5.94. The van der Waals surface area contributed by atoms with Crippen molar-refractivity contribution in [2.24, 2.45) is 0 Å². The molecule has 1 aliphatic rings. The summed E-state index contributed by atoms with van der Waals surface area (Å²) in [6.45, 7) is 3.53. The van der Waals surface area contributed by atoms with Crippen molar-refractivity contribution in [3.05, 3.63) is 29.8 Å². The summed E-state index contributed by atoms with van der Waals surface area (Å²) in [5.74, 6) is 0.656. The van der Waals surface area contributed by atoms with Crippen molar-refractivity contribution in [2.75, 3.05) is 6.61 Å². The first-order valence-corrected chi connectivity index (χ1v) is 7.00. The molecule has 0 aliphatic carbocycles. The summed E-state index contributed by atoms with van der Waals surface area (Å²) < 4.78 is 21.6. The van der Waals surface area contributed by atoms with Gasteiger partial charge >= 0.3 is 0 Å². The third-order valence-electron chi connectivity index (χ3n) is 3.72. The van der Waals surface area contributed by atoms with Crippen LogP contribution in [-0.2, 0) is 17.2 Å². The number of imidazole rings is 1. The second-order valence-corrected chi connectivity index (χ2v) is 5.52. The lowest BCUT2D eigenvalue weighted by Gasteiger charge is -2.24. The first kappa shape index (κ1) is 12.9. The van der Waals surface area contributed by atoms with E-state index in [4.69, 9.17) is 16.3 Å². The highest BCUT2D eigenvalue weighted by molar-refractivity contribution is 6.16. The van der Waals surface area contributed by atoms with Crippen LogP contribution in [0.25, 0.3) is 11.0 Å². The normalized spacial score (nSPS) is 23.3. The summed E-state index contributed by atoms with van der Waals surface area (Å²) in [5.41, 5.74) is 0.966. The van der Waals surface area contributed by atoms with Gasteiger partial charge in [0.25, 0.3) is 0 Å². The van der Waals surface area contributed by atoms with E-state index < -0.39 is 0 Å². The first-order valence-electron chi connectivity index (χ1n) is 6.46. The molecule has 1 saturated heterocycles. The molecular weight excluding hydrogens is 267 g/mol. The molecule has 1 aromatic heterocycles. The van der Waals surface area contributed by atoms with Gasteiger partial charge in [-0.1, -0.05) is 6.07 Å². The Morgan fingerprint density at radius 3 is 3.05 bits per heavy atom. The van der Waals surface area contributed by atoms with Gasteiger partial charge in [0.15, 0.2) is 5.82 Å². The van der Waals surface area contributed by atoms with Crippen LogP contribution < -0.4 is 0 Å². The Kier molecular flexibility index (Phi) is 3.23. The molecule has 3 nitrogen and oxygen atoms in total. The van der Waals surface area contributed by atoms with Gasteiger partial charge in [0.1, 0.15) is 11.3 Å². The summed E-state index contributed by atoms with van der Waals surface area (Å²) in [6.07, 6.45) is 2.07. The number of hydrogen-bond donors (Lipinski definition) is 0. The summed E-state index contributed by atoms with van der Waals surface area (Å²) in [4.78, 5) is 4.30. The van der Waals surface area contributed by atoms with Crippen molar-refractivity contribution in [2.45, 2.75) is 37.8 Å². The summed E-state index contributed by atoms with van der Waals surface area (Å²) in [7, 11) is 0. The lowest BCUT2D eigenvalue weighted by molar-refractivity contribution is 0.00661. The third-order valence-corrected chi connectivity index (χ3v) is 3.96. The van der Waals surface area contributed by atoms with E-state index >= 15 is 0 Å². The molecule has 1 aliphatic heterocycles. The maximum Gasteiger partial charge on any atom is 0.151 e. The molecule has 2 aromatic rings. The molecule has 19 heavy (non-hydrogen) atoms. The van der Waals surface area contributed by atoms with E-state index in [9.17, 15) is 4.39 Å². The number of para-hydroxylation sites is 1. The van der Waals surface area contributed by atoms with Crippen molar-refractivity contribution in [1.82, 2.24) is 9.55 Å². The highest BCUT2D eigenvalue weighted by atomic mass is 35.5. The van der Waals surface area contributed by atoms with Crippen LogP contribution in [-0.4, -0.2) is 21.8 Å². The van der Waals surface area contributed by atoms with Crippen molar-refractivity contribution >= 4 is 22.6 Å². The molecule has 2 heterocycles. The predicted molar refractivity (Wildman–Crippen MR) is 72.8 cm³/mol. The Hall–Kier alpha value is -1.13. The molecule has 3 rings (SSSR count). The van der Waals surface area contributed by atoms with Crippen LogP contribution in [0.15, 0.2) is 18.2 Å². The standard InChI is InChI=1S/C14H16ClFN2O/c1-14(6-3-7-19-14)9-18-11-5-2-4-10(16)13(11)17-12(18)8-15/h2,4-5H,3,6-9H2,1H3. The molecular formula is C14H16ClFN2O. The Morgan fingerprint density at radius 2 is 2.37 bits per heavy atom. The third kappa shape index (κ3) is 2.23. The molecule has 1 aromatic carbocycles. The zero-order valence-corrected chi connectivity index (χ0v) is 11.6. The monoisotopic (exact) mass is 282 g/mol. The predicted octanol–water partition coefficient (Wildman–Crippen LogP) is 3.48. The van der Waals surface area contributed by atoms with Gasteiger partial charge in [0, 0.05) is 6.61 Å². The van der Waals surface area contributed by atoms with E-state index in [2.05, 4.69) is 11.9 Å². The molecule has 0 amide bonds. The molecule has 0 saturated carbocycles. The van der Waals surface area contributed by atoms with Crippen LogP contribution in [0.3, 0.4) is 0 Å². The fraction of sp³-hybridized carbons (Fsp3) is 0.500. The van der Waals surface area contributed by atoms with Gasteiger partial charge in [-0.2, -0.15) is 0 Å². The number of alkyl halides is 1. The van der Waals surface area contributed by atoms with Crippen molar-refractivity contribution in [3.63, 3.8) is 0 Å². The topological polar surface area (TPSA) is 27.1 Å². The minimum Gasteiger partial charge on any atom is -0.373 e. The number of aromatic nitrogens is 2. The average Bonchev–Trinajstić information content (AvgIpc) is 2.96. The highest BCUT2D eigenvalue weighted by Gasteiger charge is 2.31. The Labute approximate surface area is 116 Å². The number of hydrogen-bond acceptors (Lipinski definition) is 2. The Morgan fingerprint density at radius 1 is 1.53 bits per heavy atom. The van der Waals surface area contributed by atoms with Gasteiger partial charge in [-0.15, -0.1) is 11.6 Å². The Balaban J connectivity index is 2.08. The van der Waals surface area contributed by atoms with E-state index in [0.717, 1.165) is 25.0 Å². The molecule has 5 heteroatoms. The van der Waals surface area contributed by atoms with E-state index in [-0.39, 0.29) is 17.3 Å². The van der Waals surface area contributed by atoms with E-state index in [1.165, 1.54) is 6.07 Å². The molecule has 0 bridgehead atoms. The van der Waals surface area contributed by atoms with E-state index in [1.807, 2.05) is 10.6 Å².